The highest BCUT2D eigenvalue weighted by atomic mass is 16.2. The van der Waals surface area contributed by atoms with Crippen molar-refractivity contribution in [3.8, 4) is 0 Å². The third-order valence-electron chi connectivity index (χ3n) is 3.71. The van der Waals surface area contributed by atoms with Crippen LogP contribution in [0.4, 0.5) is 0 Å². The number of rotatable bonds is 6. The molecule has 1 saturated carbocycles. The summed E-state index contributed by atoms with van der Waals surface area (Å²) in [5.41, 5.74) is 0. The van der Waals surface area contributed by atoms with Crippen LogP contribution in [-0.2, 0) is 4.79 Å². The summed E-state index contributed by atoms with van der Waals surface area (Å²) in [5, 5.41) is 3.52. The summed E-state index contributed by atoms with van der Waals surface area (Å²) in [5.74, 6) is 1.08. The second kappa shape index (κ2) is 5.83. The first-order valence-electron chi connectivity index (χ1n) is 6.81. The van der Waals surface area contributed by atoms with Gasteiger partial charge in [0, 0.05) is 33.2 Å². The number of carbonyl (C=O) groups is 1. The molecule has 1 atom stereocenters. The maximum Gasteiger partial charge on any atom is 0.236 e. The monoisotopic (exact) mass is 239 g/mol. The van der Waals surface area contributed by atoms with Crippen molar-refractivity contribution in [3.63, 3.8) is 0 Å². The SMILES string of the molecule is CN(C)C(=O)CN(CC1CC1)CC1CCCN1. The Morgan fingerprint density at radius 3 is 2.53 bits per heavy atom. The molecule has 1 N–H and O–H groups in total. The first kappa shape index (κ1) is 12.8. The molecular weight excluding hydrogens is 214 g/mol. The van der Waals surface area contributed by atoms with Crippen molar-refractivity contribution in [3.05, 3.63) is 0 Å². The van der Waals surface area contributed by atoms with Crippen molar-refractivity contribution in [2.45, 2.75) is 31.7 Å². The molecule has 17 heavy (non-hydrogen) atoms. The molecule has 1 amide bonds. The highest BCUT2D eigenvalue weighted by Gasteiger charge is 2.27. The van der Waals surface area contributed by atoms with Crippen molar-refractivity contribution < 1.29 is 4.79 Å². The highest BCUT2D eigenvalue weighted by molar-refractivity contribution is 5.77. The van der Waals surface area contributed by atoms with Gasteiger partial charge < -0.3 is 10.2 Å². The van der Waals surface area contributed by atoms with Crippen LogP contribution >= 0.6 is 0 Å². The number of nitrogens with zero attached hydrogens (tertiary/aromatic N) is 2. The van der Waals surface area contributed by atoms with Crippen LogP contribution in [0.3, 0.4) is 0 Å². The Morgan fingerprint density at radius 1 is 1.24 bits per heavy atom. The Kier molecular flexibility index (Phi) is 4.40. The van der Waals surface area contributed by atoms with Crippen molar-refractivity contribution in [1.29, 1.82) is 0 Å². The Morgan fingerprint density at radius 2 is 2.00 bits per heavy atom. The van der Waals surface area contributed by atoms with E-state index in [0.717, 1.165) is 25.6 Å². The van der Waals surface area contributed by atoms with Crippen molar-refractivity contribution >= 4 is 5.91 Å². The zero-order valence-electron chi connectivity index (χ0n) is 11.1. The van der Waals surface area contributed by atoms with Gasteiger partial charge in [-0.3, -0.25) is 9.69 Å². The second-order valence-electron chi connectivity index (χ2n) is 5.72. The predicted molar refractivity (Wildman–Crippen MR) is 68.9 cm³/mol. The summed E-state index contributed by atoms with van der Waals surface area (Å²) in [4.78, 5) is 15.8. The molecule has 1 aliphatic heterocycles. The Balaban J connectivity index is 1.80. The Hall–Kier alpha value is -0.610. The van der Waals surface area contributed by atoms with E-state index in [-0.39, 0.29) is 5.91 Å². The van der Waals surface area contributed by atoms with Crippen molar-refractivity contribution in [1.82, 2.24) is 15.1 Å². The average molecular weight is 239 g/mol. The fourth-order valence-electron chi connectivity index (χ4n) is 2.43. The fraction of sp³-hybridized carbons (Fsp3) is 0.923. The van der Waals surface area contributed by atoms with Crippen LogP contribution in [0.5, 0.6) is 0 Å². The van der Waals surface area contributed by atoms with Crippen LogP contribution in [0.25, 0.3) is 0 Å². The number of hydrogen-bond acceptors (Lipinski definition) is 3. The number of nitrogens with one attached hydrogen (secondary N) is 1. The molecule has 2 aliphatic rings. The topological polar surface area (TPSA) is 35.6 Å². The lowest BCUT2D eigenvalue weighted by atomic mass is 10.2. The minimum atomic E-state index is 0.226. The van der Waals surface area contributed by atoms with E-state index in [1.165, 1.54) is 25.7 Å². The van der Waals surface area contributed by atoms with E-state index in [1.54, 1.807) is 4.90 Å². The van der Waals surface area contributed by atoms with E-state index in [9.17, 15) is 4.79 Å². The van der Waals surface area contributed by atoms with E-state index in [0.29, 0.717) is 12.6 Å². The van der Waals surface area contributed by atoms with Gasteiger partial charge in [0.1, 0.15) is 0 Å². The lowest BCUT2D eigenvalue weighted by Crippen LogP contribution is -2.43. The number of hydrogen-bond donors (Lipinski definition) is 1. The molecule has 0 aromatic rings. The van der Waals surface area contributed by atoms with Crippen molar-refractivity contribution in [2.75, 3.05) is 40.3 Å². The van der Waals surface area contributed by atoms with Crippen LogP contribution in [0.2, 0.25) is 0 Å². The number of likely N-dealkylation sites (N-methyl/N-ethyl adjacent to an activating group) is 1. The molecule has 0 aromatic heterocycles. The van der Waals surface area contributed by atoms with Crippen LogP contribution < -0.4 is 5.32 Å². The van der Waals surface area contributed by atoms with Gasteiger partial charge in [0.05, 0.1) is 6.54 Å². The molecule has 1 unspecified atom stereocenters. The molecule has 0 aromatic carbocycles. The Bertz CT molecular complexity index is 257. The molecule has 4 nitrogen and oxygen atoms in total. The van der Waals surface area contributed by atoms with Crippen LogP contribution in [-0.4, -0.2) is 62.0 Å². The fourth-order valence-corrected chi connectivity index (χ4v) is 2.43. The van der Waals surface area contributed by atoms with Crippen LogP contribution in [0, 0.1) is 5.92 Å². The average Bonchev–Trinajstić information content (AvgIpc) is 2.92. The van der Waals surface area contributed by atoms with Gasteiger partial charge >= 0.3 is 0 Å². The molecule has 2 fully saturated rings. The Labute approximate surface area is 104 Å². The van der Waals surface area contributed by atoms with Gasteiger partial charge in [-0.25, -0.2) is 0 Å². The maximum absolute atomic E-state index is 11.8. The molecule has 1 heterocycles. The summed E-state index contributed by atoms with van der Waals surface area (Å²) >= 11 is 0. The van der Waals surface area contributed by atoms with Gasteiger partial charge in [-0.15, -0.1) is 0 Å². The molecule has 1 saturated heterocycles. The van der Waals surface area contributed by atoms with Gasteiger partial charge in [0.15, 0.2) is 0 Å². The summed E-state index contributed by atoms with van der Waals surface area (Å²) in [6.45, 7) is 3.87. The molecule has 1 aliphatic carbocycles. The van der Waals surface area contributed by atoms with E-state index in [2.05, 4.69) is 10.2 Å². The summed E-state index contributed by atoms with van der Waals surface area (Å²) in [7, 11) is 3.68. The quantitative estimate of drug-likeness (QED) is 0.735. The predicted octanol–water partition coefficient (Wildman–Crippen LogP) is 0.539. The molecule has 0 bridgehead atoms. The molecule has 4 heteroatoms. The van der Waals surface area contributed by atoms with E-state index in [1.807, 2.05) is 14.1 Å². The molecule has 0 spiro atoms. The van der Waals surface area contributed by atoms with Gasteiger partial charge in [-0.05, 0) is 38.1 Å². The number of carbonyl (C=O) groups excluding carboxylic acids is 1. The summed E-state index contributed by atoms with van der Waals surface area (Å²) in [6.07, 6.45) is 5.25. The summed E-state index contributed by atoms with van der Waals surface area (Å²) < 4.78 is 0. The second-order valence-corrected chi connectivity index (χ2v) is 5.72. The summed E-state index contributed by atoms with van der Waals surface area (Å²) in [6, 6.07) is 0.601. The van der Waals surface area contributed by atoms with Crippen LogP contribution in [0.15, 0.2) is 0 Å². The van der Waals surface area contributed by atoms with Gasteiger partial charge in [0.2, 0.25) is 5.91 Å². The smallest absolute Gasteiger partial charge is 0.236 e. The standard InChI is InChI=1S/C13H25N3O/c1-15(2)13(17)10-16(8-11-5-6-11)9-12-4-3-7-14-12/h11-12,14H,3-10H2,1-2H3. The van der Waals surface area contributed by atoms with Gasteiger partial charge in [0.25, 0.3) is 0 Å². The first-order chi connectivity index (χ1) is 8.15. The largest absolute Gasteiger partial charge is 0.348 e. The third kappa shape index (κ3) is 4.28. The van der Waals surface area contributed by atoms with Crippen molar-refractivity contribution in [2.24, 2.45) is 5.92 Å². The van der Waals surface area contributed by atoms with Gasteiger partial charge in [-0.2, -0.15) is 0 Å². The van der Waals surface area contributed by atoms with E-state index < -0.39 is 0 Å². The van der Waals surface area contributed by atoms with Gasteiger partial charge in [-0.1, -0.05) is 0 Å². The zero-order chi connectivity index (χ0) is 12.3. The lowest BCUT2D eigenvalue weighted by molar-refractivity contribution is -0.130. The normalized spacial score (nSPS) is 24.3. The zero-order valence-corrected chi connectivity index (χ0v) is 11.1. The first-order valence-corrected chi connectivity index (χ1v) is 6.81. The third-order valence-corrected chi connectivity index (χ3v) is 3.71. The molecular formula is C13H25N3O. The highest BCUT2D eigenvalue weighted by Crippen LogP contribution is 2.29. The van der Waals surface area contributed by atoms with Crippen LogP contribution in [0.1, 0.15) is 25.7 Å². The minimum absolute atomic E-state index is 0.226. The maximum atomic E-state index is 11.8. The van der Waals surface area contributed by atoms with E-state index >= 15 is 0 Å². The number of amides is 1. The van der Waals surface area contributed by atoms with E-state index in [4.69, 9.17) is 0 Å². The minimum Gasteiger partial charge on any atom is -0.348 e. The molecule has 0 radical (unpaired) electrons. The molecule has 98 valence electrons. The lowest BCUT2D eigenvalue weighted by Gasteiger charge is -2.26. The molecule has 2 rings (SSSR count).